The number of aryl methyl sites for hydroxylation is 1. The minimum Gasteiger partial charge on any atom is -0.495 e. The largest absolute Gasteiger partial charge is 0.495 e. The molecule has 0 saturated carbocycles. The van der Waals surface area contributed by atoms with Gasteiger partial charge in [-0.3, -0.25) is 0 Å². The summed E-state index contributed by atoms with van der Waals surface area (Å²) in [6.45, 7) is 1.90. The smallest absolute Gasteiger partial charge is 0.244 e. The maximum Gasteiger partial charge on any atom is 0.244 e. The molecule has 0 aliphatic carbocycles. The number of methoxy groups -OCH3 is 1. The third-order valence-corrected chi connectivity index (χ3v) is 4.57. The number of nitrogens with one attached hydrogen (secondary N) is 1. The first kappa shape index (κ1) is 17.2. The van der Waals surface area contributed by atoms with Crippen molar-refractivity contribution in [1.82, 2.24) is 14.7 Å². The van der Waals surface area contributed by atoms with Gasteiger partial charge in [0.2, 0.25) is 16.0 Å². The second-order valence-electron chi connectivity index (χ2n) is 5.22. The quantitative estimate of drug-likeness (QED) is 0.857. The van der Waals surface area contributed by atoms with Crippen molar-refractivity contribution in [2.45, 2.75) is 18.4 Å². The van der Waals surface area contributed by atoms with Gasteiger partial charge in [0, 0.05) is 20.3 Å². The van der Waals surface area contributed by atoms with E-state index in [4.69, 9.17) is 4.74 Å². The molecule has 0 fully saturated rings. The van der Waals surface area contributed by atoms with Crippen LogP contribution in [0.2, 0.25) is 0 Å². The summed E-state index contributed by atoms with van der Waals surface area (Å²) in [6.07, 6.45) is 1.60. The highest BCUT2D eigenvalue weighted by Crippen LogP contribution is 2.24. The molecule has 1 aromatic carbocycles. The fourth-order valence-electron chi connectivity index (χ4n) is 1.94. The Hall–Kier alpha value is -2.19. The number of anilines is 1. The van der Waals surface area contributed by atoms with E-state index >= 15 is 0 Å². The molecule has 2 rings (SSSR count). The molecule has 0 unspecified atom stereocenters. The van der Waals surface area contributed by atoms with Crippen molar-refractivity contribution in [2.75, 3.05) is 26.1 Å². The van der Waals surface area contributed by atoms with Gasteiger partial charge in [0.15, 0.2) is 0 Å². The Morgan fingerprint density at radius 2 is 2.00 bits per heavy atom. The molecule has 0 radical (unpaired) electrons. The van der Waals surface area contributed by atoms with Crippen LogP contribution in [0.4, 0.5) is 5.95 Å². The predicted molar refractivity (Wildman–Crippen MR) is 88.1 cm³/mol. The van der Waals surface area contributed by atoms with Gasteiger partial charge in [-0.1, -0.05) is 6.07 Å². The highest BCUT2D eigenvalue weighted by atomic mass is 32.2. The molecule has 8 heteroatoms. The number of benzene rings is 1. The molecule has 0 atom stereocenters. The summed E-state index contributed by atoms with van der Waals surface area (Å²) < 4.78 is 32.7. The molecular formula is C15H20N4O3S. The maximum absolute atomic E-state index is 12.5. The molecule has 0 spiro atoms. The van der Waals surface area contributed by atoms with Crippen molar-refractivity contribution >= 4 is 16.0 Å². The van der Waals surface area contributed by atoms with E-state index in [2.05, 4.69) is 14.7 Å². The lowest BCUT2D eigenvalue weighted by Crippen LogP contribution is -2.25. The van der Waals surface area contributed by atoms with E-state index in [0.29, 0.717) is 17.4 Å². The lowest BCUT2D eigenvalue weighted by Gasteiger charge is -2.13. The van der Waals surface area contributed by atoms with Crippen LogP contribution in [0.3, 0.4) is 0 Å². The molecule has 7 nitrogen and oxygen atoms in total. The zero-order chi connectivity index (χ0) is 17.0. The van der Waals surface area contributed by atoms with Crippen LogP contribution in [0.5, 0.6) is 5.75 Å². The van der Waals surface area contributed by atoms with Crippen LogP contribution in [0.1, 0.15) is 11.3 Å². The molecule has 0 saturated heterocycles. The first-order valence-corrected chi connectivity index (χ1v) is 8.45. The van der Waals surface area contributed by atoms with E-state index in [0.717, 1.165) is 5.56 Å². The Balaban J connectivity index is 2.22. The second kappa shape index (κ2) is 6.93. The van der Waals surface area contributed by atoms with Crippen LogP contribution >= 0.6 is 0 Å². The predicted octanol–water partition coefficient (Wildman–Crippen LogP) is 1.34. The van der Waals surface area contributed by atoms with Gasteiger partial charge >= 0.3 is 0 Å². The molecule has 1 heterocycles. The molecule has 124 valence electrons. The first-order chi connectivity index (χ1) is 10.8. The van der Waals surface area contributed by atoms with Crippen LogP contribution in [0.25, 0.3) is 0 Å². The summed E-state index contributed by atoms with van der Waals surface area (Å²) in [7, 11) is 1.38. The minimum absolute atomic E-state index is 0.0722. The van der Waals surface area contributed by atoms with Gasteiger partial charge in [0.25, 0.3) is 0 Å². The Morgan fingerprint density at radius 1 is 1.26 bits per heavy atom. The third-order valence-electron chi connectivity index (χ3n) is 3.15. The summed E-state index contributed by atoms with van der Waals surface area (Å²) in [5.41, 5.74) is 1.42. The minimum atomic E-state index is -3.71. The van der Waals surface area contributed by atoms with Gasteiger partial charge in [0.1, 0.15) is 10.6 Å². The van der Waals surface area contributed by atoms with Crippen molar-refractivity contribution in [3.63, 3.8) is 0 Å². The van der Waals surface area contributed by atoms with Gasteiger partial charge in [-0.25, -0.2) is 23.1 Å². The van der Waals surface area contributed by atoms with E-state index in [1.54, 1.807) is 35.4 Å². The third kappa shape index (κ3) is 4.17. The summed E-state index contributed by atoms with van der Waals surface area (Å²) in [4.78, 5) is 10.2. The van der Waals surface area contributed by atoms with Gasteiger partial charge < -0.3 is 9.64 Å². The Morgan fingerprint density at radius 3 is 2.65 bits per heavy atom. The average Bonchev–Trinajstić information content (AvgIpc) is 2.53. The second-order valence-corrected chi connectivity index (χ2v) is 6.96. The molecule has 0 bridgehead atoms. The van der Waals surface area contributed by atoms with Crippen molar-refractivity contribution in [3.8, 4) is 5.75 Å². The standard InChI is InChI=1S/C15H20N4O3S/c1-11-5-6-13(22-4)14(9-11)23(20,21)17-10-12-7-8-16-15(18-12)19(2)3/h5-9,17H,10H2,1-4H3. The monoisotopic (exact) mass is 336 g/mol. The molecular weight excluding hydrogens is 316 g/mol. The van der Waals surface area contributed by atoms with Crippen molar-refractivity contribution in [1.29, 1.82) is 0 Å². The molecule has 0 aliphatic heterocycles. The average molecular weight is 336 g/mol. The van der Waals surface area contributed by atoms with Crippen LogP contribution in [0.15, 0.2) is 35.4 Å². The maximum atomic E-state index is 12.5. The Kier molecular flexibility index (Phi) is 5.17. The van der Waals surface area contributed by atoms with Gasteiger partial charge in [-0.15, -0.1) is 0 Å². The number of hydrogen-bond donors (Lipinski definition) is 1. The van der Waals surface area contributed by atoms with Crippen molar-refractivity contribution in [3.05, 3.63) is 41.7 Å². The fraction of sp³-hybridized carbons (Fsp3) is 0.333. The normalized spacial score (nSPS) is 11.3. The molecule has 1 N–H and O–H groups in total. The molecule has 1 aromatic heterocycles. The zero-order valence-electron chi connectivity index (χ0n) is 13.6. The number of hydrogen-bond acceptors (Lipinski definition) is 6. The first-order valence-electron chi connectivity index (χ1n) is 6.97. The number of rotatable bonds is 6. The van der Waals surface area contributed by atoms with Crippen LogP contribution in [-0.4, -0.2) is 39.6 Å². The van der Waals surface area contributed by atoms with Crippen LogP contribution < -0.4 is 14.4 Å². The van der Waals surface area contributed by atoms with E-state index in [-0.39, 0.29) is 11.4 Å². The summed E-state index contributed by atoms with van der Waals surface area (Å²) in [5.74, 6) is 0.828. The zero-order valence-corrected chi connectivity index (χ0v) is 14.4. The fourth-order valence-corrected chi connectivity index (χ4v) is 3.19. The highest BCUT2D eigenvalue weighted by Gasteiger charge is 2.19. The topological polar surface area (TPSA) is 84.4 Å². The number of sulfonamides is 1. The van der Waals surface area contributed by atoms with Crippen LogP contribution in [0, 0.1) is 6.92 Å². The molecule has 2 aromatic rings. The van der Waals surface area contributed by atoms with Crippen molar-refractivity contribution in [2.24, 2.45) is 0 Å². The summed E-state index contributed by atoms with van der Waals surface area (Å²) >= 11 is 0. The van der Waals surface area contributed by atoms with Crippen LogP contribution in [-0.2, 0) is 16.6 Å². The Labute approximate surface area is 136 Å². The van der Waals surface area contributed by atoms with E-state index < -0.39 is 10.0 Å². The van der Waals surface area contributed by atoms with E-state index in [1.807, 2.05) is 21.0 Å². The summed E-state index contributed by atoms with van der Waals surface area (Å²) in [6, 6.07) is 6.68. The van der Waals surface area contributed by atoms with E-state index in [9.17, 15) is 8.42 Å². The highest BCUT2D eigenvalue weighted by molar-refractivity contribution is 7.89. The lowest BCUT2D eigenvalue weighted by atomic mass is 10.2. The molecule has 0 aliphatic rings. The number of ether oxygens (including phenoxy) is 1. The summed E-state index contributed by atoms with van der Waals surface area (Å²) in [5, 5.41) is 0. The van der Waals surface area contributed by atoms with Gasteiger partial charge in [0.05, 0.1) is 19.3 Å². The molecule has 23 heavy (non-hydrogen) atoms. The SMILES string of the molecule is COc1ccc(C)cc1S(=O)(=O)NCc1ccnc(N(C)C)n1. The number of nitrogens with zero attached hydrogens (tertiary/aromatic N) is 3. The lowest BCUT2D eigenvalue weighted by molar-refractivity contribution is 0.402. The van der Waals surface area contributed by atoms with E-state index in [1.165, 1.54) is 7.11 Å². The molecule has 0 amide bonds. The Bertz CT molecular complexity index is 791. The van der Waals surface area contributed by atoms with Gasteiger partial charge in [-0.2, -0.15) is 0 Å². The van der Waals surface area contributed by atoms with Crippen molar-refractivity contribution < 1.29 is 13.2 Å². The van der Waals surface area contributed by atoms with Gasteiger partial charge in [-0.05, 0) is 30.7 Å². The number of aromatic nitrogens is 2.